The molecule has 2 N–H and O–H groups in total. The van der Waals surface area contributed by atoms with Crippen molar-refractivity contribution in [1.82, 2.24) is 10.9 Å². The maximum Gasteiger partial charge on any atom is 0.234 e. The SMILES string of the molecule is COc1cc(SC)ccc1/C=C(\C)C1NNC(=O)CC1C. The van der Waals surface area contributed by atoms with Gasteiger partial charge in [0.05, 0.1) is 13.2 Å². The number of nitrogens with one attached hydrogen (secondary N) is 2. The molecule has 5 heteroatoms. The number of methoxy groups -OCH3 is 1. The van der Waals surface area contributed by atoms with E-state index in [1.165, 1.54) is 10.5 Å². The van der Waals surface area contributed by atoms with E-state index in [0.717, 1.165) is 11.3 Å². The summed E-state index contributed by atoms with van der Waals surface area (Å²) < 4.78 is 5.47. The van der Waals surface area contributed by atoms with Crippen LogP contribution in [0.3, 0.4) is 0 Å². The number of carbonyl (C=O) groups excluding carboxylic acids is 1. The Morgan fingerprint density at radius 2 is 2.24 bits per heavy atom. The van der Waals surface area contributed by atoms with Gasteiger partial charge in [0.2, 0.25) is 5.91 Å². The zero-order valence-corrected chi connectivity index (χ0v) is 13.7. The molecule has 1 aliphatic heterocycles. The number of benzene rings is 1. The molecule has 21 heavy (non-hydrogen) atoms. The first-order valence-electron chi connectivity index (χ1n) is 6.99. The van der Waals surface area contributed by atoms with Crippen LogP contribution < -0.4 is 15.6 Å². The van der Waals surface area contributed by atoms with Crippen LogP contribution in [-0.2, 0) is 4.79 Å². The molecule has 1 aromatic carbocycles. The largest absolute Gasteiger partial charge is 0.496 e. The topological polar surface area (TPSA) is 50.4 Å². The summed E-state index contributed by atoms with van der Waals surface area (Å²) in [4.78, 5) is 12.5. The first-order valence-corrected chi connectivity index (χ1v) is 8.22. The van der Waals surface area contributed by atoms with Crippen molar-refractivity contribution in [3.05, 3.63) is 29.3 Å². The molecule has 0 bridgehead atoms. The quantitative estimate of drug-likeness (QED) is 0.840. The third-order valence-corrected chi connectivity index (χ3v) is 4.48. The van der Waals surface area contributed by atoms with E-state index in [4.69, 9.17) is 4.74 Å². The highest BCUT2D eigenvalue weighted by Crippen LogP contribution is 2.28. The fraction of sp³-hybridized carbons (Fsp3) is 0.438. The van der Waals surface area contributed by atoms with Crippen LogP contribution in [0.2, 0.25) is 0 Å². The van der Waals surface area contributed by atoms with Gasteiger partial charge in [-0.2, -0.15) is 0 Å². The van der Waals surface area contributed by atoms with E-state index in [2.05, 4.69) is 42.9 Å². The van der Waals surface area contributed by atoms with Gasteiger partial charge in [0.15, 0.2) is 0 Å². The van der Waals surface area contributed by atoms with Crippen molar-refractivity contribution < 1.29 is 9.53 Å². The molecule has 1 aromatic rings. The molecule has 0 radical (unpaired) electrons. The van der Waals surface area contributed by atoms with Crippen LogP contribution in [0, 0.1) is 5.92 Å². The zero-order chi connectivity index (χ0) is 15.4. The summed E-state index contributed by atoms with van der Waals surface area (Å²) in [5.74, 6) is 1.19. The van der Waals surface area contributed by atoms with Gasteiger partial charge in [-0.05, 0) is 31.2 Å². The van der Waals surface area contributed by atoms with E-state index >= 15 is 0 Å². The Kier molecular flexibility index (Phi) is 5.31. The van der Waals surface area contributed by atoms with Crippen molar-refractivity contribution in [3.8, 4) is 5.75 Å². The van der Waals surface area contributed by atoms with E-state index in [1.54, 1.807) is 18.9 Å². The number of ether oxygens (including phenoxy) is 1. The smallest absolute Gasteiger partial charge is 0.234 e. The molecule has 2 rings (SSSR count). The van der Waals surface area contributed by atoms with Gasteiger partial charge in [0.1, 0.15) is 5.75 Å². The van der Waals surface area contributed by atoms with Gasteiger partial charge < -0.3 is 4.74 Å². The van der Waals surface area contributed by atoms with Gasteiger partial charge in [-0.1, -0.05) is 24.6 Å². The highest BCUT2D eigenvalue weighted by molar-refractivity contribution is 7.98. The number of carbonyl (C=O) groups is 1. The number of hydrogen-bond acceptors (Lipinski definition) is 4. The average Bonchev–Trinajstić information content (AvgIpc) is 2.47. The summed E-state index contributed by atoms with van der Waals surface area (Å²) in [7, 11) is 1.69. The Morgan fingerprint density at radius 1 is 1.48 bits per heavy atom. The van der Waals surface area contributed by atoms with Gasteiger partial charge in [0.25, 0.3) is 0 Å². The second-order valence-corrected chi connectivity index (χ2v) is 6.23. The summed E-state index contributed by atoms with van der Waals surface area (Å²) in [6.45, 7) is 4.16. The third-order valence-electron chi connectivity index (χ3n) is 3.76. The van der Waals surface area contributed by atoms with E-state index in [-0.39, 0.29) is 17.9 Å². The lowest BCUT2D eigenvalue weighted by atomic mass is 9.90. The summed E-state index contributed by atoms with van der Waals surface area (Å²) in [6, 6.07) is 6.35. The Balaban J connectivity index is 2.24. The molecule has 1 aliphatic rings. The van der Waals surface area contributed by atoms with E-state index in [9.17, 15) is 4.79 Å². The Hall–Kier alpha value is -1.46. The van der Waals surface area contributed by atoms with Crippen molar-refractivity contribution in [3.63, 3.8) is 0 Å². The van der Waals surface area contributed by atoms with Crippen molar-refractivity contribution in [2.45, 2.75) is 31.2 Å². The molecular weight excluding hydrogens is 284 g/mol. The van der Waals surface area contributed by atoms with E-state index in [1.807, 2.05) is 12.3 Å². The maximum absolute atomic E-state index is 11.4. The van der Waals surface area contributed by atoms with Crippen LogP contribution in [0.15, 0.2) is 28.7 Å². The molecule has 0 aromatic heterocycles. The lowest BCUT2D eigenvalue weighted by molar-refractivity contribution is -0.125. The fourth-order valence-corrected chi connectivity index (χ4v) is 3.03. The molecule has 0 aliphatic carbocycles. The molecule has 2 unspecified atom stereocenters. The molecule has 1 heterocycles. The van der Waals surface area contributed by atoms with Gasteiger partial charge >= 0.3 is 0 Å². The fourth-order valence-electron chi connectivity index (χ4n) is 2.60. The van der Waals surface area contributed by atoms with Crippen molar-refractivity contribution in [2.75, 3.05) is 13.4 Å². The standard InChI is InChI=1S/C16H22N2O2S/c1-10(16-11(2)8-15(19)17-18-16)7-12-5-6-13(21-4)9-14(12)20-3/h5-7,9,11,16,18H,8H2,1-4H3,(H,17,19)/b10-7+. The minimum absolute atomic E-state index is 0.0495. The van der Waals surface area contributed by atoms with Crippen molar-refractivity contribution in [1.29, 1.82) is 0 Å². The predicted octanol–water partition coefficient (Wildman–Crippen LogP) is 2.85. The van der Waals surface area contributed by atoms with Gasteiger partial charge in [0, 0.05) is 16.9 Å². The normalized spacial score (nSPS) is 22.9. The number of hydrazine groups is 1. The van der Waals surface area contributed by atoms with Crippen LogP contribution in [-0.4, -0.2) is 25.3 Å². The molecular formula is C16H22N2O2S. The number of thioether (sulfide) groups is 1. The molecule has 1 fully saturated rings. The third kappa shape index (κ3) is 3.80. The summed E-state index contributed by atoms with van der Waals surface area (Å²) in [5, 5.41) is 0. The lowest BCUT2D eigenvalue weighted by Gasteiger charge is -2.30. The van der Waals surface area contributed by atoms with Crippen molar-refractivity contribution in [2.24, 2.45) is 5.92 Å². The highest BCUT2D eigenvalue weighted by Gasteiger charge is 2.26. The van der Waals surface area contributed by atoms with Gasteiger partial charge in [-0.15, -0.1) is 11.8 Å². The second kappa shape index (κ2) is 7.00. The molecule has 4 nitrogen and oxygen atoms in total. The highest BCUT2D eigenvalue weighted by atomic mass is 32.2. The molecule has 114 valence electrons. The van der Waals surface area contributed by atoms with Crippen LogP contribution in [0.25, 0.3) is 6.08 Å². The minimum Gasteiger partial charge on any atom is -0.496 e. The first-order chi connectivity index (χ1) is 10.0. The summed E-state index contributed by atoms with van der Waals surface area (Å²) in [5.41, 5.74) is 8.03. The predicted molar refractivity (Wildman–Crippen MR) is 87.3 cm³/mol. The molecule has 0 saturated carbocycles. The summed E-state index contributed by atoms with van der Waals surface area (Å²) in [6.07, 6.45) is 4.71. The monoisotopic (exact) mass is 306 g/mol. The van der Waals surface area contributed by atoms with Gasteiger partial charge in [-0.3, -0.25) is 10.2 Å². The Bertz CT molecular complexity index is 557. The van der Waals surface area contributed by atoms with E-state index in [0.29, 0.717) is 6.42 Å². The number of amides is 1. The second-order valence-electron chi connectivity index (χ2n) is 5.35. The Labute approximate surface area is 130 Å². The molecule has 2 atom stereocenters. The van der Waals surface area contributed by atoms with Crippen LogP contribution in [0.1, 0.15) is 25.8 Å². The number of rotatable bonds is 4. The average molecular weight is 306 g/mol. The summed E-state index contributed by atoms with van der Waals surface area (Å²) >= 11 is 1.69. The molecule has 1 amide bonds. The first kappa shape index (κ1) is 15.9. The van der Waals surface area contributed by atoms with Crippen LogP contribution in [0.4, 0.5) is 0 Å². The minimum atomic E-state index is 0.0495. The van der Waals surface area contributed by atoms with Crippen LogP contribution >= 0.6 is 11.8 Å². The maximum atomic E-state index is 11.4. The zero-order valence-electron chi connectivity index (χ0n) is 12.9. The van der Waals surface area contributed by atoms with Gasteiger partial charge in [-0.25, -0.2) is 5.43 Å². The van der Waals surface area contributed by atoms with Crippen molar-refractivity contribution >= 4 is 23.7 Å². The molecule has 0 spiro atoms. The number of hydrogen-bond donors (Lipinski definition) is 2. The van der Waals surface area contributed by atoms with Crippen LogP contribution in [0.5, 0.6) is 5.75 Å². The lowest BCUT2D eigenvalue weighted by Crippen LogP contribution is -2.53. The molecule has 1 saturated heterocycles. The Morgan fingerprint density at radius 3 is 2.86 bits per heavy atom. The van der Waals surface area contributed by atoms with E-state index < -0.39 is 0 Å².